The van der Waals surface area contributed by atoms with Crippen molar-refractivity contribution in [2.75, 3.05) is 10.6 Å². The van der Waals surface area contributed by atoms with Crippen molar-refractivity contribution in [3.8, 4) is 0 Å². The van der Waals surface area contributed by atoms with Gasteiger partial charge in [-0.3, -0.25) is 9.59 Å². The van der Waals surface area contributed by atoms with Crippen molar-refractivity contribution in [2.45, 2.75) is 13.8 Å². The standard InChI is InChI=1S/C12H12N4O2S/c1-7-11(19-16-15-7)12(18)14-10-5-3-9(4-6-10)13-8(2)17/h3-6H,1-2H3,(H,13,17)(H,14,18). The van der Waals surface area contributed by atoms with Gasteiger partial charge in [-0.2, -0.15) is 0 Å². The second-order valence-electron chi connectivity index (χ2n) is 3.90. The molecule has 1 aromatic heterocycles. The average Bonchev–Trinajstić information content (AvgIpc) is 2.77. The van der Waals surface area contributed by atoms with E-state index >= 15 is 0 Å². The first kappa shape index (κ1) is 13.2. The molecule has 2 amide bonds. The van der Waals surface area contributed by atoms with E-state index in [9.17, 15) is 9.59 Å². The van der Waals surface area contributed by atoms with Crippen molar-refractivity contribution in [3.63, 3.8) is 0 Å². The number of aryl methyl sites for hydroxylation is 1. The smallest absolute Gasteiger partial charge is 0.269 e. The Kier molecular flexibility index (Phi) is 3.86. The Morgan fingerprint density at radius 2 is 1.68 bits per heavy atom. The highest BCUT2D eigenvalue weighted by molar-refractivity contribution is 7.08. The summed E-state index contributed by atoms with van der Waals surface area (Å²) in [5.41, 5.74) is 1.94. The first-order chi connectivity index (χ1) is 9.06. The van der Waals surface area contributed by atoms with Crippen molar-refractivity contribution in [3.05, 3.63) is 34.8 Å². The minimum Gasteiger partial charge on any atom is -0.326 e. The van der Waals surface area contributed by atoms with Crippen LogP contribution in [0.25, 0.3) is 0 Å². The number of benzene rings is 1. The van der Waals surface area contributed by atoms with Gasteiger partial charge >= 0.3 is 0 Å². The summed E-state index contributed by atoms with van der Waals surface area (Å²) in [6.45, 7) is 3.17. The van der Waals surface area contributed by atoms with Crippen LogP contribution in [-0.4, -0.2) is 21.4 Å². The minimum atomic E-state index is -0.236. The molecule has 2 aromatic rings. The summed E-state index contributed by atoms with van der Waals surface area (Å²) in [4.78, 5) is 23.3. The highest BCUT2D eigenvalue weighted by Gasteiger charge is 2.13. The van der Waals surface area contributed by atoms with E-state index in [1.54, 1.807) is 31.2 Å². The van der Waals surface area contributed by atoms with Crippen LogP contribution in [0.4, 0.5) is 11.4 Å². The Balaban J connectivity index is 2.06. The Hall–Kier alpha value is -2.28. The Morgan fingerprint density at radius 3 is 2.16 bits per heavy atom. The molecule has 2 N–H and O–H groups in total. The number of amides is 2. The van der Waals surface area contributed by atoms with Gasteiger partial charge in [0, 0.05) is 18.3 Å². The second-order valence-corrected chi connectivity index (χ2v) is 4.65. The van der Waals surface area contributed by atoms with Gasteiger partial charge in [0.05, 0.1) is 5.69 Å². The summed E-state index contributed by atoms with van der Waals surface area (Å²) in [5.74, 6) is -0.372. The maximum absolute atomic E-state index is 11.9. The van der Waals surface area contributed by atoms with E-state index in [0.29, 0.717) is 21.9 Å². The third-order valence-electron chi connectivity index (χ3n) is 2.32. The summed E-state index contributed by atoms with van der Waals surface area (Å²) >= 11 is 1.06. The summed E-state index contributed by atoms with van der Waals surface area (Å²) in [7, 11) is 0. The molecule has 0 bridgehead atoms. The summed E-state index contributed by atoms with van der Waals surface area (Å²) in [5, 5.41) is 9.18. The van der Waals surface area contributed by atoms with Gasteiger partial charge in [-0.1, -0.05) is 4.49 Å². The molecule has 0 aliphatic carbocycles. The fourth-order valence-electron chi connectivity index (χ4n) is 1.47. The van der Waals surface area contributed by atoms with Gasteiger partial charge in [0.1, 0.15) is 4.88 Å². The predicted molar refractivity (Wildman–Crippen MR) is 73.3 cm³/mol. The van der Waals surface area contributed by atoms with Crippen LogP contribution in [0.3, 0.4) is 0 Å². The van der Waals surface area contributed by atoms with Crippen LogP contribution in [0.15, 0.2) is 24.3 Å². The van der Waals surface area contributed by atoms with E-state index in [2.05, 4.69) is 20.2 Å². The minimum absolute atomic E-state index is 0.136. The van der Waals surface area contributed by atoms with E-state index in [1.165, 1.54) is 6.92 Å². The number of rotatable bonds is 3. The number of hydrogen-bond acceptors (Lipinski definition) is 5. The van der Waals surface area contributed by atoms with Crippen LogP contribution in [0.5, 0.6) is 0 Å². The van der Waals surface area contributed by atoms with E-state index in [0.717, 1.165) is 11.5 Å². The molecule has 98 valence electrons. The van der Waals surface area contributed by atoms with Crippen molar-refractivity contribution < 1.29 is 9.59 Å². The molecule has 1 aromatic carbocycles. The molecule has 0 unspecified atom stereocenters. The van der Waals surface area contributed by atoms with Crippen molar-refractivity contribution in [1.82, 2.24) is 9.59 Å². The van der Waals surface area contributed by atoms with Crippen LogP contribution >= 0.6 is 11.5 Å². The molecular formula is C12H12N4O2S. The monoisotopic (exact) mass is 276 g/mol. The lowest BCUT2D eigenvalue weighted by atomic mass is 10.2. The number of hydrogen-bond donors (Lipinski definition) is 2. The van der Waals surface area contributed by atoms with Gasteiger partial charge in [-0.25, -0.2) is 0 Å². The first-order valence-electron chi connectivity index (χ1n) is 5.54. The zero-order valence-electron chi connectivity index (χ0n) is 10.4. The number of nitrogens with zero attached hydrogens (tertiary/aromatic N) is 2. The normalized spacial score (nSPS) is 10.0. The molecular weight excluding hydrogens is 264 g/mol. The molecule has 0 saturated heterocycles. The van der Waals surface area contributed by atoms with Crippen molar-refractivity contribution in [2.24, 2.45) is 0 Å². The predicted octanol–water partition coefficient (Wildman–Crippen LogP) is 2.06. The molecule has 19 heavy (non-hydrogen) atoms. The molecule has 0 saturated carbocycles. The van der Waals surface area contributed by atoms with Crippen LogP contribution in [-0.2, 0) is 4.79 Å². The van der Waals surface area contributed by atoms with Gasteiger partial charge in [-0.05, 0) is 42.7 Å². The van der Waals surface area contributed by atoms with Gasteiger partial charge in [0.15, 0.2) is 0 Å². The number of carbonyl (C=O) groups excluding carboxylic acids is 2. The van der Waals surface area contributed by atoms with E-state index in [1.807, 2.05) is 0 Å². The highest BCUT2D eigenvalue weighted by atomic mass is 32.1. The number of carbonyl (C=O) groups is 2. The first-order valence-corrected chi connectivity index (χ1v) is 6.31. The largest absolute Gasteiger partial charge is 0.326 e. The molecule has 0 atom stereocenters. The fourth-order valence-corrected chi connectivity index (χ4v) is 2.02. The number of aromatic nitrogens is 2. The molecule has 0 aliphatic heterocycles. The van der Waals surface area contributed by atoms with Crippen LogP contribution in [0, 0.1) is 6.92 Å². The Labute approximate surface area is 114 Å². The number of anilines is 2. The van der Waals surface area contributed by atoms with Crippen LogP contribution in [0.2, 0.25) is 0 Å². The Bertz CT molecular complexity index is 606. The van der Waals surface area contributed by atoms with Crippen molar-refractivity contribution in [1.29, 1.82) is 0 Å². The van der Waals surface area contributed by atoms with Crippen LogP contribution < -0.4 is 10.6 Å². The second kappa shape index (κ2) is 5.57. The lowest BCUT2D eigenvalue weighted by molar-refractivity contribution is -0.114. The molecule has 7 heteroatoms. The zero-order chi connectivity index (χ0) is 13.8. The lowest BCUT2D eigenvalue weighted by Gasteiger charge is -2.05. The van der Waals surface area contributed by atoms with Gasteiger partial charge in [-0.15, -0.1) is 5.10 Å². The maximum Gasteiger partial charge on any atom is 0.269 e. The van der Waals surface area contributed by atoms with E-state index < -0.39 is 0 Å². The van der Waals surface area contributed by atoms with Gasteiger partial charge in [0.2, 0.25) is 5.91 Å². The third-order valence-corrected chi connectivity index (χ3v) is 3.15. The number of nitrogens with one attached hydrogen (secondary N) is 2. The van der Waals surface area contributed by atoms with Gasteiger partial charge in [0.25, 0.3) is 5.91 Å². The molecule has 0 radical (unpaired) electrons. The molecule has 6 nitrogen and oxygen atoms in total. The molecule has 0 fully saturated rings. The maximum atomic E-state index is 11.9. The molecule has 0 spiro atoms. The molecule has 2 rings (SSSR count). The SMILES string of the molecule is CC(=O)Nc1ccc(NC(=O)c2snnc2C)cc1. The lowest BCUT2D eigenvalue weighted by Crippen LogP contribution is -2.11. The summed E-state index contributed by atoms with van der Waals surface area (Å²) in [6, 6.07) is 6.86. The summed E-state index contributed by atoms with van der Waals surface area (Å²) in [6.07, 6.45) is 0. The molecule has 1 heterocycles. The average molecular weight is 276 g/mol. The third kappa shape index (κ3) is 3.35. The van der Waals surface area contributed by atoms with Crippen molar-refractivity contribution >= 4 is 34.7 Å². The summed E-state index contributed by atoms with van der Waals surface area (Å²) < 4.78 is 3.71. The van der Waals surface area contributed by atoms with E-state index in [4.69, 9.17) is 0 Å². The Morgan fingerprint density at radius 1 is 1.11 bits per heavy atom. The quantitative estimate of drug-likeness (QED) is 0.898. The topological polar surface area (TPSA) is 84.0 Å². The fraction of sp³-hybridized carbons (Fsp3) is 0.167. The highest BCUT2D eigenvalue weighted by Crippen LogP contribution is 2.16. The molecule has 0 aliphatic rings. The van der Waals surface area contributed by atoms with Crippen LogP contribution in [0.1, 0.15) is 22.3 Å². The zero-order valence-corrected chi connectivity index (χ0v) is 11.2. The van der Waals surface area contributed by atoms with Gasteiger partial charge < -0.3 is 10.6 Å². The van der Waals surface area contributed by atoms with E-state index in [-0.39, 0.29) is 11.8 Å².